The first-order valence-electron chi connectivity index (χ1n) is 6.32. The number of nitrogens with zero attached hydrogens (tertiary/aromatic N) is 2. The van der Waals surface area contributed by atoms with Gasteiger partial charge in [-0.2, -0.15) is 0 Å². The van der Waals surface area contributed by atoms with Gasteiger partial charge in [-0.3, -0.25) is 9.59 Å². The van der Waals surface area contributed by atoms with E-state index in [1.807, 2.05) is 25.1 Å². The smallest absolute Gasteiger partial charge is 0.283 e. The quantitative estimate of drug-likeness (QED) is 0.939. The largest absolute Gasteiger partial charge is 0.325 e. The molecule has 0 saturated carbocycles. The Morgan fingerprint density at radius 1 is 1.43 bits per heavy atom. The minimum atomic E-state index is -0.204. The van der Waals surface area contributed by atoms with Gasteiger partial charge in [-0.15, -0.1) is 0 Å². The maximum absolute atomic E-state index is 12.2. The van der Waals surface area contributed by atoms with Gasteiger partial charge in [0.25, 0.3) is 5.56 Å². The molecule has 0 unspecified atom stereocenters. The van der Waals surface area contributed by atoms with Crippen LogP contribution < -0.4 is 10.9 Å². The fourth-order valence-electron chi connectivity index (χ4n) is 1.74. The van der Waals surface area contributed by atoms with Gasteiger partial charge < -0.3 is 9.88 Å². The van der Waals surface area contributed by atoms with E-state index in [-0.39, 0.29) is 21.6 Å². The number of para-hydroxylation sites is 1. The van der Waals surface area contributed by atoms with Crippen LogP contribution in [0.5, 0.6) is 0 Å². The monoisotopic (exact) mass is 323 g/mol. The summed E-state index contributed by atoms with van der Waals surface area (Å²) in [5.41, 5.74) is 0.434. The summed E-state index contributed by atoms with van der Waals surface area (Å²) < 4.78 is 1.50. The van der Waals surface area contributed by atoms with E-state index in [4.69, 9.17) is 11.6 Å². The number of carbonyl (C=O) groups is 1. The van der Waals surface area contributed by atoms with Crippen LogP contribution in [0.15, 0.2) is 45.2 Å². The van der Waals surface area contributed by atoms with E-state index in [0.717, 1.165) is 4.90 Å². The van der Waals surface area contributed by atoms with E-state index in [2.05, 4.69) is 10.3 Å². The van der Waals surface area contributed by atoms with E-state index in [1.165, 1.54) is 29.4 Å². The first-order valence-corrected chi connectivity index (χ1v) is 7.52. The van der Waals surface area contributed by atoms with Gasteiger partial charge in [-0.1, -0.05) is 35.5 Å². The Morgan fingerprint density at radius 3 is 2.81 bits per heavy atom. The van der Waals surface area contributed by atoms with E-state index >= 15 is 0 Å². The zero-order valence-corrected chi connectivity index (χ0v) is 13.2. The van der Waals surface area contributed by atoms with Crippen LogP contribution in [0.25, 0.3) is 0 Å². The molecule has 0 spiro atoms. The molecule has 1 amide bonds. The van der Waals surface area contributed by atoms with Crippen LogP contribution in [0, 0.1) is 0 Å². The highest BCUT2D eigenvalue weighted by Crippen LogP contribution is 2.31. The number of anilines is 1. The number of hydrogen-bond donors (Lipinski definition) is 1. The van der Waals surface area contributed by atoms with Crippen LogP contribution in [0.1, 0.15) is 13.8 Å². The van der Waals surface area contributed by atoms with E-state index in [0.29, 0.717) is 12.2 Å². The molecule has 1 aromatic carbocycles. The lowest BCUT2D eigenvalue weighted by Crippen LogP contribution is -2.21. The van der Waals surface area contributed by atoms with Crippen molar-refractivity contribution >= 4 is 35.0 Å². The lowest BCUT2D eigenvalue weighted by molar-refractivity contribution is -0.114. The summed E-state index contributed by atoms with van der Waals surface area (Å²) in [5, 5.41) is 3.27. The molecule has 2 aromatic rings. The second kappa shape index (κ2) is 6.78. The lowest BCUT2D eigenvalue weighted by Gasteiger charge is -2.10. The Morgan fingerprint density at radius 2 is 2.14 bits per heavy atom. The van der Waals surface area contributed by atoms with Crippen molar-refractivity contribution < 1.29 is 4.79 Å². The van der Waals surface area contributed by atoms with Crippen molar-refractivity contribution in [1.82, 2.24) is 9.55 Å². The average molecular weight is 324 g/mol. The first-order chi connectivity index (χ1) is 10.0. The molecule has 7 heteroatoms. The predicted octanol–water partition coefficient (Wildman–Crippen LogP) is 3.03. The Hall–Kier alpha value is -1.79. The number of amides is 1. The van der Waals surface area contributed by atoms with Crippen molar-refractivity contribution in [3.05, 3.63) is 46.0 Å². The molecule has 1 N–H and O–H groups in total. The van der Waals surface area contributed by atoms with Gasteiger partial charge in [0.2, 0.25) is 5.91 Å². The summed E-state index contributed by atoms with van der Waals surface area (Å²) in [6, 6.07) is 7.22. The Labute approximate surface area is 131 Å². The van der Waals surface area contributed by atoms with Crippen molar-refractivity contribution in [3.63, 3.8) is 0 Å². The molecule has 2 rings (SSSR count). The highest BCUT2D eigenvalue weighted by Gasteiger charge is 2.12. The van der Waals surface area contributed by atoms with Gasteiger partial charge in [0.1, 0.15) is 5.15 Å². The molecule has 0 aliphatic rings. The number of aromatic nitrogens is 2. The normalized spacial score (nSPS) is 10.4. The first kappa shape index (κ1) is 15.6. The van der Waals surface area contributed by atoms with Gasteiger partial charge in [0.05, 0.1) is 5.69 Å². The van der Waals surface area contributed by atoms with Gasteiger partial charge in [0, 0.05) is 24.6 Å². The summed E-state index contributed by atoms with van der Waals surface area (Å²) in [7, 11) is 0. The van der Waals surface area contributed by atoms with Crippen LogP contribution in [-0.4, -0.2) is 15.5 Å². The molecule has 21 heavy (non-hydrogen) atoms. The fourth-order valence-corrected chi connectivity index (χ4v) is 2.92. The molecule has 0 atom stereocenters. The van der Waals surface area contributed by atoms with E-state index in [1.54, 1.807) is 6.07 Å². The summed E-state index contributed by atoms with van der Waals surface area (Å²) >= 11 is 7.12. The van der Waals surface area contributed by atoms with Gasteiger partial charge in [-0.05, 0) is 19.1 Å². The number of nitrogens with one attached hydrogen (secondary N) is 1. The molecule has 1 heterocycles. The summed E-state index contributed by atoms with van der Waals surface area (Å²) in [6.45, 7) is 3.81. The number of benzene rings is 1. The molecule has 0 saturated heterocycles. The molecule has 0 bridgehead atoms. The number of aryl methyl sites for hydroxylation is 1. The van der Waals surface area contributed by atoms with E-state index < -0.39 is 0 Å². The molecule has 110 valence electrons. The molecule has 0 aliphatic heterocycles. The third-order valence-electron chi connectivity index (χ3n) is 2.66. The van der Waals surface area contributed by atoms with Crippen molar-refractivity contribution in [2.24, 2.45) is 0 Å². The summed E-state index contributed by atoms with van der Waals surface area (Å²) in [4.78, 5) is 28.3. The average Bonchev–Trinajstić information content (AvgIpc) is 2.44. The van der Waals surface area contributed by atoms with Crippen LogP contribution in [0.4, 0.5) is 5.69 Å². The molecule has 0 radical (unpaired) electrons. The molecular weight excluding hydrogens is 310 g/mol. The number of carbonyl (C=O) groups excluding carboxylic acids is 1. The minimum Gasteiger partial charge on any atom is -0.325 e. The van der Waals surface area contributed by atoms with Crippen LogP contribution in [-0.2, 0) is 11.3 Å². The molecule has 0 fully saturated rings. The Kier molecular flexibility index (Phi) is 5.03. The van der Waals surface area contributed by atoms with Crippen LogP contribution in [0.3, 0.4) is 0 Å². The topological polar surface area (TPSA) is 64.0 Å². The maximum Gasteiger partial charge on any atom is 0.283 e. The summed E-state index contributed by atoms with van der Waals surface area (Å²) in [6.07, 6.45) is 1.51. The molecular formula is C14H14ClN3O2S. The Bertz CT molecular complexity index is 730. The SMILES string of the molecule is CCn1cc(Cl)nc(Sc2ccccc2NC(C)=O)c1=O. The van der Waals surface area contributed by atoms with Crippen molar-refractivity contribution in [3.8, 4) is 0 Å². The second-order valence-corrected chi connectivity index (χ2v) is 5.66. The molecule has 1 aromatic heterocycles. The zero-order valence-electron chi connectivity index (χ0n) is 11.6. The van der Waals surface area contributed by atoms with E-state index in [9.17, 15) is 9.59 Å². The van der Waals surface area contributed by atoms with Gasteiger partial charge >= 0.3 is 0 Å². The maximum atomic E-state index is 12.2. The van der Waals surface area contributed by atoms with Crippen molar-refractivity contribution in [2.75, 3.05) is 5.32 Å². The summed E-state index contributed by atoms with van der Waals surface area (Å²) in [5.74, 6) is -0.173. The number of halogens is 1. The third-order valence-corrected chi connectivity index (χ3v) is 3.88. The van der Waals surface area contributed by atoms with Crippen molar-refractivity contribution in [1.29, 1.82) is 0 Å². The number of rotatable bonds is 4. The highest BCUT2D eigenvalue weighted by molar-refractivity contribution is 7.99. The van der Waals surface area contributed by atoms with Crippen LogP contribution in [0.2, 0.25) is 5.15 Å². The number of hydrogen-bond acceptors (Lipinski definition) is 4. The fraction of sp³-hybridized carbons (Fsp3) is 0.214. The lowest BCUT2D eigenvalue weighted by atomic mass is 10.3. The molecule has 0 aliphatic carbocycles. The van der Waals surface area contributed by atoms with Gasteiger partial charge in [0.15, 0.2) is 5.03 Å². The third kappa shape index (κ3) is 3.86. The van der Waals surface area contributed by atoms with Gasteiger partial charge in [-0.25, -0.2) is 4.98 Å². The van der Waals surface area contributed by atoms with Crippen LogP contribution >= 0.6 is 23.4 Å². The Balaban J connectivity index is 2.41. The van der Waals surface area contributed by atoms with Crippen molar-refractivity contribution in [2.45, 2.75) is 30.3 Å². The standard InChI is InChI=1S/C14H14ClN3O2S/c1-3-18-8-12(15)17-13(14(18)20)21-11-7-5-4-6-10(11)16-9(2)19/h4-8H,3H2,1-2H3,(H,16,19). The minimum absolute atomic E-state index is 0.173. The molecule has 5 nitrogen and oxygen atoms in total. The predicted molar refractivity (Wildman–Crippen MR) is 84.0 cm³/mol. The second-order valence-electron chi connectivity index (χ2n) is 4.24. The zero-order chi connectivity index (χ0) is 15.4. The highest BCUT2D eigenvalue weighted by atomic mass is 35.5.